The van der Waals surface area contributed by atoms with Crippen LogP contribution >= 0.6 is 0 Å². The van der Waals surface area contributed by atoms with E-state index in [1.807, 2.05) is 18.2 Å². The van der Waals surface area contributed by atoms with Crippen molar-refractivity contribution in [2.45, 2.75) is 26.7 Å². The number of carbonyl (C=O) groups excluding carboxylic acids is 1. The van der Waals surface area contributed by atoms with E-state index in [1.165, 1.54) is 0 Å². The summed E-state index contributed by atoms with van der Waals surface area (Å²) in [5.74, 6) is 1.09. The Morgan fingerprint density at radius 3 is 2.81 bits per heavy atom. The fraction of sp³-hybridized carbons (Fsp3) is 0.360. The molecule has 1 fully saturated rings. The topological polar surface area (TPSA) is 70.6 Å². The maximum absolute atomic E-state index is 12.3. The van der Waals surface area contributed by atoms with E-state index < -0.39 is 0 Å². The Morgan fingerprint density at radius 1 is 1.16 bits per heavy atom. The molecule has 0 atom stereocenters. The Labute approximate surface area is 181 Å². The summed E-state index contributed by atoms with van der Waals surface area (Å²) in [6, 6.07) is 6.25. The van der Waals surface area contributed by atoms with Crippen molar-refractivity contribution in [3.63, 3.8) is 0 Å². The van der Waals surface area contributed by atoms with Gasteiger partial charge < -0.3 is 9.64 Å². The number of fused-ring (bicyclic) bond motifs is 1. The van der Waals surface area contributed by atoms with E-state index in [-0.39, 0.29) is 11.2 Å². The number of ketones is 1. The van der Waals surface area contributed by atoms with Crippen LogP contribution in [0, 0.1) is 5.41 Å². The molecule has 0 unspecified atom stereocenters. The minimum absolute atomic E-state index is 0.0188. The zero-order valence-electron chi connectivity index (χ0n) is 17.9. The van der Waals surface area contributed by atoms with E-state index in [4.69, 9.17) is 4.74 Å². The number of rotatable bonds is 3. The van der Waals surface area contributed by atoms with Crippen LogP contribution in [0.2, 0.25) is 0 Å². The first kappa shape index (κ1) is 19.7. The van der Waals surface area contributed by atoms with Gasteiger partial charge in [0.1, 0.15) is 11.5 Å². The fourth-order valence-electron chi connectivity index (χ4n) is 4.50. The molecule has 5 rings (SSSR count). The maximum Gasteiger partial charge on any atom is 0.156 e. The number of benzene rings is 1. The van der Waals surface area contributed by atoms with E-state index in [1.54, 1.807) is 12.3 Å². The van der Waals surface area contributed by atoms with Crippen LogP contribution in [-0.2, 0) is 9.53 Å². The SMILES string of the molecule is CC1(C)CC(=O)C=C(c2ccc3[nH]nc(C4=C=CC=NC(N5CCOCC5)=C4)c3c2)C1. The van der Waals surface area contributed by atoms with Crippen molar-refractivity contribution in [3.05, 3.63) is 59.2 Å². The van der Waals surface area contributed by atoms with Crippen LogP contribution in [0.5, 0.6) is 0 Å². The second kappa shape index (κ2) is 7.80. The monoisotopic (exact) mass is 414 g/mol. The third kappa shape index (κ3) is 4.05. The average molecular weight is 415 g/mol. The number of morpholine rings is 1. The summed E-state index contributed by atoms with van der Waals surface area (Å²) in [7, 11) is 0. The molecule has 2 aliphatic heterocycles. The summed E-state index contributed by atoms with van der Waals surface area (Å²) in [6.07, 6.45) is 8.93. The van der Waals surface area contributed by atoms with Gasteiger partial charge in [-0.05, 0) is 53.3 Å². The third-order valence-corrected chi connectivity index (χ3v) is 5.97. The van der Waals surface area contributed by atoms with Crippen molar-refractivity contribution in [2.24, 2.45) is 10.4 Å². The van der Waals surface area contributed by atoms with Crippen molar-refractivity contribution in [3.8, 4) is 0 Å². The van der Waals surface area contributed by atoms with E-state index >= 15 is 0 Å². The minimum atomic E-state index is -0.0188. The van der Waals surface area contributed by atoms with Gasteiger partial charge in [-0.1, -0.05) is 19.9 Å². The number of aromatic amines is 1. The zero-order valence-corrected chi connectivity index (χ0v) is 17.9. The highest BCUT2D eigenvalue weighted by molar-refractivity contribution is 6.01. The van der Waals surface area contributed by atoms with Gasteiger partial charge in [0.15, 0.2) is 5.78 Å². The van der Waals surface area contributed by atoms with Gasteiger partial charge in [0.25, 0.3) is 0 Å². The second-order valence-electron chi connectivity index (χ2n) is 9.09. The van der Waals surface area contributed by atoms with Gasteiger partial charge in [0.2, 0.25) is 0 Å². The molecule has 1 aromatic heterocycles. The van der Waals surface area contributed by atoms with E-state index in [0.717, 1.165) is 58.6 Å². The molecule has 0 spiro atoms. The van der Waals surface area contributed by atoms with Gasteiger partial charge >= 0.3 is 0 Å². The van der Waals surface area contributed by atoms with Gasteiger partial charge in [-0.25, -0.2) is 4.99 Å². The van der Waals surface area contributed by atoms with Gasteiger partial charge in [-0.2, -0.15) is 5.10 Å². The van der Waals surface area contributed by atoms with Crippen LogP contribution in [-0.4, -0.2) is 53.4 Å². The number of nitrogens with one attached hydrogen (secondary N) is 1. The zero-order chi connectivity index (χ0) is 21.4. The number of allylic oxidation sites excluding steroid dienone is 4. The molecule has 2 aromatic rings. The molecular formula is C25H26N4O2. The van der Waals surface area contributed by atoms with Crippen LogP contribution in [0.25, 0.3) is 22.0 Å². The molecule has 6 nitrogen and oxygen atoms in total. The molecule has 0 amide bonds. The molecule has 1 N–H and O–H groups in total. The first-order chi connectivity index (χ1) is 15.0. The standard InChI is InChI=1S/C25H26N4O2/c1-25(2)15-19(12-20(30)16-25)17-5-6-22-21(13-17)24(28-27-22)18-4-3-7-26-23(14-18)29-8-10-31-11-9-29/h3,5-7,12-14H,8-11,15-16H2,1-2H3,(H,27,28). The molecule has 158 valence electrons. The number of H-pyrrole nitrogens is 1. The molecule has 1 aromatic carbocycles. The number of carbonyl (C=O) groups is 1. The quantitative estimate of drug-likeness (QED) is 0.767. The lowest BCUT2D eigenvalue weighted by molar-refractivity contribution is -0.116. The lowest BCUT2D eigenvalue weighted by atomic mass is 9.75. The molecule has 31 heavy (non-hydrogen) atoms. The van der Waals surface area contributed by atoms with Crippen molar-refractivity contribution in [1.82, 2.24) is 15.1 Å². The van der Waals surface area contributed by atoms with Crippen molar-refractivity contribution >= 4 is 34.0 Å². The van der Waals surface area contributed by atoms with E-state index in [9.17, 15) is 4.79 Å². The number of hydrogen-bond donors (Lipinski definition) is 1. The van der Waals surface area contributed by atoms with Crippen LogP contribution in [0.4, 0.5) is 0 Å². The predicted molar refractivity (Wildman–Crippen MR) is 123 cm³/mol. The Kier molecular flexibility index (Phi) is 4.97. The van der Waals surface area contributed by atoms with E-state index in [0.29, 0.717) is 19.6 Å². The van der Waals surface area contributed by atoms with Crippen molar-refractivity contribution in [2.75, 3.05) is 26.3 Å². The van der Waals surface area contributed by atoms with Crippen LogP contribution in [0.15, 0.2) is 53.0 Å². The third-order valence-electron chi connectivity index (χ3n) is 5.97. The number of ether oxygens (including phenoxy) is 1. The molecule has 6 heteroatoms. The Hall–Kier alpha value is -3.21. The molecule has 0 bridgehead atoms. The lowest BCUT2D eigenvalue weighted by Gasteiger charge is -2.29. The molecule has 1 saturated heterocycles. The molecule has 0 saturated carbocycles. The largest absolute Gasteiger partial charge is 0.378 e. The van der Waals surface area contributed by atoms with Crippen LogP contribution in [0.1, 0.15) is 37.9 Å². The van der Waals surface area contributed by atoms with Gasteiger partial charge in [-0.15, -0.1) is 5.73 Å². The maximum atomic E-state index is 12.3. The molecule has 3 aliphatic rings. The second-order valence-corrected chi connectivity index (χ2v) is 9.09. The minimum Gasteiger partial charge on any atom is -0.378 e. The lowest BCUT2D eigenvalue weighted by Crippen LogP contribution is -2.35. The van der Waals surface area contributed by atoms with Crippen LogP contribution in [0.3, 0.4) is 0 Å². The first-order valence-corrected chi connectivity index (χ1v) is 10.7. The molecule has 0 radical (unpaired) electrons. The normalized spacial score (nSPS) is 21.0. The Balaban J connectivity index is 1.54. The number of nitrogens with zero attached hydrogens (tertiary/aromatic N) is 3. The summed E-state index contributed by atoms with van der Waals surface area (Å²) in [5.41, 5.74) is 8.15. The Bertz CT molecular complexity index is 1200. The highest BCUT2D eigenvalue weighted by Gasteiger charge is 2.28. The number of aliphatic imine (C=N–C) groups is 1. The fourth-order valence-corrected chi connectivity index (χ4v) is 4.50. The van der Waals surface area contributed by atoms with Crippen LogP contribution < -0.4 is 0 Å². The highest BCUT2D eigenvalue weighted by Crippen LogP contribution is 2.39. The smallest absolute Gasteiger partial charge is 0.156 e. The van der Waals surface area contributed by atoms with Gasteiger partial charge in [0, 0.05) is 36.7 Å². The summed E-state index contributed by atoms with van der Waals surface area (Å²) < 4.78 is 5.47. The summed E-state index contributed by atoms with van der Waals surface area (Å²) in [4.78, 5) is 19.1. The molecule has 3 heterocycles. The van der Waals surface area contributed by atoms with Crippen molar-refractivity contribution in [1.29, 1.82) is 0 Å². The molecule has 1 aliphatic carbocycles. The van der Waals surface area contributed by atoms with E-state index in [2.05, 4.69) is 51.8 Å². The first-order valence-electron chi connectivity index (χ1n) is 10.7. The molecular weight excluding hydrogens is 388 g/mol. The summed E-state index contributed by atoms with van der Waals surface area (Å²) in [6.45, 7) is 7.35. The average Bonchev–Trinajstić information content (AvgIpc) is 3.01. The van der Waals surface area contributed by atoms with Gasteiger partial charge in [-0.3, -0.25) is 9.89 Å². The van der Waals surface area contributed by atoms with Crippen molar-refractivity contribution < 1.29 is 9.53 Å². The van der Waals surface area contributed by atoms with Gasteiger partial charge in [0.05, 0.1) is 18.7 Å². The number of hydrogen-bond acceptors (Lipinski definition) is 5. The summed E-state index contributed by atoms with van der Waals surface area (Å²) in [5, 5.41) is 8.75. The predicted octanol–water partition coefficient (Wildman–Crippen LogP) is 4.13. The Morgan fingerprint density at radius 2 is 2.00 bits per heavy atom. The highest BCUT2D eigenvalue weighted by atomic mass is 16.5. The number of aromatic nitrogens is 2. The summed E-state index contributed by atoms with van der Waals surface area (Å²) >= 11 is 0.